The largest absolute Gasteiger partial charge is 0.497 e. The lowest BCUT2D eigenvalue weighted by molar-refractivity contribution is -0.892. The van der Waals surface area contributed by atoms with Crippen molar-refractivity contribution in [1.82, 2.24) is 4.90 Å². The highest BCUT2D eigenvalue weighted by Gasteiger charge is 2.23. The first-order valence-electron chi connectivity index (χ1n) is 9.26. The number of anilines is 1. The van der Waals surface area contributed by atoms with Crippen LogP contribution in [-0.2, 0) is 11.3 Å². The smallest absolute Gasteiger partial charge is 0.277 e. The minimum atomic E-state index is -0.214. The van der Waals surface area contributed by atoms with Gasteiger partial charge in [-0.15, -0.1) is 0 Å². The molecule has 3 rings (SSSR count). The molecule has 1 heterocycles. The van der Waals surface area contributed by atoms with E-state index in [4.69, 9.17) is 4.74 Å². The molecule has 6 heteroatoms. The molecule has 2 aromatic rings. The molecule has 1 aliphatic heterocycles. The van der Waals surface area contributed by atoms with Crippen molar-refractivity contribution in [2.75, 3.05) is 51.8 Å². The zero-order valence-electron chi connectivity index (χ0n) is 16.0. The van der Waals surface area contributed by atoms with E-state index < -0.39 is 0 Å². The molecule has 27 heavy (non-hydrogen) atoms. The monoisotopic (exact) mass is 372 g/mol. The zero-order chi connectivity index (χ0) is 19.2. The van der Waals surface area contributed by atoms with Crippen molar-refractivity contribution in [3.63, 3.8) is 0 Å². The topological polar surface area (TPSA) is 37.2 Å². The lowest BCUT2D eigenvalue weighted by Crippen LogP contribution is -3.15. The van der Waals surface area contributed by atoms with Crippen LogP contribution in [0.5, 0.6) is 5.75 Å². The van der Waals surface area contributed by atoms with Crippen molar-refractivity contribution in [2.24, 2.45) is 0 Å². The average Bonchev–Trinajstić information content (AvgIpc) is 2.70. The fraction of sp³-hybridized carbons (Fsp3) is 0.381. The number of nitrogens with one attached hydrogen (secondary N) is 1. The van der Waals surface area contributed by atoms with E-state index in [1.807, 2.05) is 43.4 Å². The molecule has 0 unspecified atom stereocenters. The van der Waals surface area contributed by atoms with E-state index in [0.29, 0.717) is 13.1 Å². The summed E-state index contributed by atoms with van der Waals surface area (Å²) in [6, 6.07) is 14.4. The maximum atomic E-state index is 13.1. The number of hydrogen-bond acceptors (Lipinski definition) is 3. The van der Waals surface area contributed by atoms with Crippen LogP contribution in [-0.4, -0.2) is 57.7 Å². The number of likely N-dealkylation sites (N-methyl/N-ethyl adjacent to an activating group) is 1. The number of carbonyl (C=O) groups is 1. The Morgan fingerprint density at radius 3 is 2.33 bits per heavy atom. The van der Waals surface area contributed by atoms with Gasteiger partial charge in [0.05, 0.1) is 33.3 Å². The van der Waals surface area contributed by atoms with Gasteiger partial charge >= 0.3 is 0 Å². The van der Waals surface area contributed by atoms with E-state index in [0.717, 1.165) is 43.2 Å². The van der Waals surface area contributed by atoms with E-state index in [2.05, 4.69) is 4.90 Å². The molecule has 1 N–H and O–H groups in total. The summed E-state index contributed by atoms with van der Waals surface area (Å²) in [4.78, 5) is 17.9. The second kappa shape index (κ2) is 8.86. The predicted molar refractivity (Wildman–Crippen MR) is 104 cm³/mol. The van der Waals surface area contributed by atoms with Gasteiger partial charge in [-0.05, 0) is 42.0 Å². The van der Waals surface area contributed by atoms with Crippen LogP contribution in [0.3, 0.4) is 0 Å². The van der Waals surface area contributed by atoms with Crippen molar-refractivity contribution in [2.45, 2.75) is 6.54 Å². The second-order valence-corrected chi connectivity index (χ2v) is 6.99. The fourth-order valence-corrected chi connectivity index (χ4v) is 3.35. The zero-order valence-corrected chi connectivity index (χ0v) is 16.0. The Bertz CT molecular complexity index is 741. The van der Waals surface area contributed by atoms with Gasteiger partial charge in [-0.25, -0.2) is 4.39 Å². The second-order valence-electron chi connectivity index (χ2n) is 6.99. The summed E-state index contributed by atoms with van der Waals surface area (Å²) in [7, 11) is 3.49. The number of hydrogen-bond donors (Lipinski definition) is 1. The van der Waals surface area contributed by atoms with Crippen molar-refractivity contribution in [3.05, 3.63) is 59.9 Å². The lowest BCUT2D eigenvalue weighted by Gasteiger charge is -2.34. The van der Waals surface area contributed by atoms with Crippen LogP contribution in [0.25, 0.3) is 0 Å². The van der Waals surface area contributed by atoms with Gasteiger partial charge in [-0.1, -0.05) is 12.1 Å². The number of methoxy groups -OCH3 is 1. The minimum Gasteiger partial charge on any atom is -0.497 e. The molecule has 0 spiro atoms. The van der Waals surface area contributed by atoms with Gasteiger partial charge < -0.3 is 19.4 Å². The molecule has 0 aromatic heterocycles. The van der Waals surface area contributed by atoms with Gasteiger partial charge in [0, 0.05) is 19.3 Å². The SMILES string of the molecule is COc1ccc(CN(C)C(=O)C[NH+]2CCN(c3ccc(F)cc3)CC2)cc1. The summed E-state index contributed by atoms with van der Waals surface area (Å²) >= 11 is 0. The molecular formula is C21H27FN3O2+. The normalized spacial score (nSPS) is 14.9. The molecule has 0 bridgehead atoms. The predicted octanol–water partition coefficient (Wildman–Crippen LogP) is 1.20. The summed E-state index contributed by atoms with van der Waals surface area (Å²) in [6.45, 7) is 4.65. The molecule has 0 atom stereocenters. The number of benzene rings is 2. The Morgan fingerprint density at radius 2 is 1.74 bits per heavy atom. The van der Waals surface area contributed by atoms with Crippen LogP contribution in [0.2, 0.25) is 0 Å². The molecule has 0 saturated carbocycles. The summed E-state index contributed by atoms with van der Waals surface area (Å²) < 4.78 is 18.2. The van der Waals surface area contributed by atoms with Gasteiger partial charge in [-0.3, -0.25) is 4.79 Å². The molecule has 0 aliphatic carbocycles. The van der Waals surface area contributed by atoms with Gasteiger partial charge in [0.1, 0.15) is 11.6 Å². The number of nitrogens with zero attached hydrogens (tertiary/aromatic N) is 2. The van der Waals surface area contributed by atoms with Crippen LogP contribution in [0.1, 0.15) is 5.56 Å². The van der Waals surface area contributed by atoms with E-state index in [1.54, 1.807) is 12.0 Å². The van der Waals surface area contributed by atoms with Gasteiger partial charge in [0.2, 0.25) is 0 Å². The van der Waals surface area contributed by atoms with Crippen LogP contribution in [0.4, 0.5) is 10.1 Å². The Kier molecular flexibility index (Phi) is 6.29. The third-order valence-electron chi connectivity index (χ3n) is 5.07. The lowest BCUT2D eigenvalue weighted by atomic mass is 10.2. The molecule has 144 valence electrons. The quantitative estimate of drug-likeness (QED) is 0.828. The third-order valence-corrected chi connectivity index (χ3v) is 5.07. The van der Waals surface area contributed by atoms with Gasteiger partial charge in [-0.2, -0.15) is 0 Å². The van der Waals surface area contributed by atoms with Crippen LogP contribution < -0.4 is 14.5 Å². The van der Waals surface area contributed by atoms with E-state index in [9.17, 15) is 9.18 Å². The first kappa shape index (κ1) is 19.2. The summed E-state index contributed by atoms with van der Waals surface area (Å²) in [6.07, 6.45) is 0. The number of quaternary nitrogens is 1. The molecule has 1 aliphatic rings. The average molecular weight is 372 g/mol. The molecule has 1 amide bonds. The van der Waals surface area contributed by atoms with Gasteiger partial charge in [0.15, 0.2) is 6.54 Å². The fourth-order valence-electron chi connectivity index (χ4n) is 3.35. The summed E-state index contributed by atoms with van der Waals surface area (Å²) in [5.41, 5.74) is 2.13. The third kappa shape index (κ3) is 5.20. The number of piperazine rings is 1. The number of carbonyl (C=O) groups excluding carboxylic acids is 1. The van der Waals surface area contributed by atoms with Crippen LogP contribution >= 0.6 is 0 Å². The van der Waals surface area contributed by atoms with Crippen molar-refractivity contribution >= 4 is 11.6 Å². The molecule has 1 saturated heterocycles. The van der Waals surface area contributed by atoms with Crippen LogP contribution in [0, 0.1) is 5.82 Å². The van der Waals surface area contributed by atoms with Crippen molar-refractivity contribution in [3.8, 4) is 5.75 Å². The first-order chi connectivity index (χ1) is 13.0. The standard InChI is InChI=1S/C21H26FN3O2/c1-23(15-17-3-9-20(27-2)10-4-17)21(26)16-24-11-13-25(14-12-24)19-7-5-18(22)6-8-19/h3-10H,11-16H2,1-2H3/p+1. The molecule has 0 radical (unpaired) electrons. The van der Waals surface area contributed by atoms with E-state index in [1.165, 1.54) is 17.0 Å². The molecular weight excluding hydrogens is 345 g/mol. The van der Waals surface area contributed by atoms with Gasteiger partial charge in [0.25, 0.3) is 5.91 Å². The number of rotatable bonds is 6. The maximum absolute atomic E-state index is 13.1. The Labute approximate surface area is 159 Å². The number of halogens is 1. The number of ether oxygens (including phenoxy) is 1. The van der Waals surface area contributed by atoms with E-state index >= 15 is 0 Å². The highest BCUT2D eigenvalue weighted by Crippen LogP contribution is 2.14. The van der Waals surface area contributed by atoms with Crippen molar-refractivity contribution < 1.29 is 18.8 Å². The van der Waals surface area contributed by atoms with E-state index in [-0.39, 0.29) is 11.7 Å². The highest BCUT2D eigenvalue weighted by molar-refractivity contribution is 5.76. The molecule has 2 aromatic carbocycles. The highest BCUT2D eigenvalue weighted by atomic mass is 19.1. The first-order valence-corrected chi connectivity index (χ1v) is 9.26. The van der Waals surface area contributed by atoms with Crippen molar-refractivity contribution in [1.29, 1.82) is 0 Å². The Hall–Kier alpha value is -2.60. The summed E-state index contributed by atoms with van der Waals surface area (Å²) in [5, 5.41) is 0. The Balaban J connectivity index is 1.46. The maximum Gasteiger partial charge on any atom is 0.277 e. The Morgan fingerprint density at radius 1 is 1.11 bits per heavy atom. The van der Waals surface area contributed by atoms with Crippen LogP contribution in [0.15, 0.2) is 48.5 Å². The molecule has 5 nitrogen and oxygen atoms in total. The minimum absolute atomic E-state index is 0.149. The molecule has 1 fully saturated rings. The summed E-state index contributed by atoms with van der Waals surface area (Å²) in [5.74, 6) is 0.751. The number of amides is 1.